The molecule has 0 N–H and O–H groups in total. The third-order valence-corrected chi connectivity index (χ3v) is 10.6. The highest BCUT2D eigenvalue weighted by atomic mass is 32.1. The molecule has 52 heavy (non-hydrogen) atoms. The highest BCUT2D eigenvalue weighted by Gasteiger charge is 2.18. The lowest BCUT2D eigenvalue weighted by Crippen LogP contribution is -2.00. The largest absolute Gasteiger partial charge is 0.309 e. The van der Waals surface area contributed by atoms with Crippen molar-refractivity contribution in [2.75, 3.05) is 0 Å². The molecule has 5 nitrogen and oxygen atoms in total. The first-order chi connectivity index (χ1) is 25.7. The third kappa shape index (κ3) is 5.34. The first kappa shape index (κ1) is 30.1. The molecule has 0 unspecified atom stereocenters. The van der Waals surface area contributed by atoms with Crippen molar-refractivity contribution in [2.45, 2.75) is 0 Å². The van der Waals surface area contributed by atoms with E-state index in [4.69, 9.17) is 19.9 Å². The van der Waals surface area contributed by atoms with Crippen LogP contribution in [0.1, 0.15) is 0 Å². The Hall–Kier alpha value is -6.76. The summed E-state index contributed by atoms with van der Waals surface area (Å²) in [5.41, 5.74) is 10.6. The van der Waals surface area contributed by atoms with Crippen LogP contribution < -0.4 is 0 Å². The van der Waals surface area contributed by atoms with Crippen molar-refractivity contribution in [3.63, 3.8) is 0 Å². The maximum atomic E-state index is 5.11. The molecule has 0 bridgehead atoms. The van der Waals surface area contributed by atoms with Crippen LogP contribution in [-0.4, -0.2) is 24.5 Å². The summed E-state index contributed by atoms with van der Waals surface area (Å²) in [6, 6.07) is 61.0. The van der Waals surface area contributed by atoms with Gasteiger partial charge in [-0.25, -0.2) is 19.9 Å². The van der Waals surface area contributed by atoms with Crippen molar-refractivity contribution in [1.29, 1.82) is 0 Å². The highest BCUT2D eigenvalue weighted by Crippen LogP contribution is 2.40. The Bertz CT molecular complexity index is 2810. The molecule has 0 fully saturated rings. The summed E-state index contributed by atoms with van der Waals surface area (Å²) in [6.45, 7) is 0. The molecule has 0 atom stereocenters. The molecule has 244 valence electrons. The fraction of sp³-hybridized carbons (Fsp3) is 0. The minimum Gasteiger partial charge on any atom is -0.309 e. The summed E-state index contributed by atoms with van der Waals surface area (Å²) in [6.07, 6.45) is 0. The summed E-state index contributed by atoms with van der Waals surface area (Å²) >= 11 is 1.74. The van der Waals surface area contributed by atoms with Crippen molar-refractivity contribution < 1.29 is 0 Å². The molecule has 10 aromatic rings. The van der Waals surface area contributed by atoms with Crippen LogP contribution in [0.25, 0.3) is 93.6 Å². The van der Waals surface area contributed by atoms with E-state index >= 15 is 0 Å². The standard InChI is InChI=1S/C46H29N5S/c1-5-13-30(14-6-1)35-23-26-40-37(27-35)38-28-42-39(47-46(52-42)34-19-11-4-12-20-34)29-41(38)51(40)36-24-21-33(22-25-36)45-49-43(31-15-7-2-8-16-31)48-44(50-45)32-17-9-3-10-18-32/h1-29H. The van der Waals surface area contributed by atoms with Crippen molar-refractivity contribution in [3.05, 3.63) is 176 Å². The quantitative estimate of drug-likeness (QED) is 0.175. The normalized spacial score (nSPS) is 11.5. The van der Waals surface area contributed by atoms with E-state index in [0.717, 1.165) is 49.5 Å². The fourth-order valence-electron chi connectivity index (χ4n) is 6.93. The topological polar surface area (TPSA) is 56.5 Å². The van der Waals surface area contributed by atoms with Crippen LogP contribution in [0.5, 0.6) is 0 Å². The van der Waals surface area contributed by atoms with Gasteiger partial charge in [0.15, 0.2) is 17.5 Å². The van der Waals surface area contributed by atoms with E-state index in [1.165, 1.54) is 26.6 Å². The molecule has 0 saturated heterocycles. The van der Waals surface area contributed by atoms with Gasteiger partial charge in [0.25, 0.3) is 0 Å². The minimum atomic E-state index is 0.631. The molecule has 0 amide bonds. The Morgan fingerprint density at radius 1 is 0.365 bits per heavy atom. The van der Waals surface area contributed by atoms with Gasteiger partial charge in [-0.1, -0.05) is 127 Å². The van der Waals surface area contributed by atoms with Gasteiger partial charge in [-0.15, -0.1) is 11.3 Å². The van der Waals surface area contributed by atoms with E-state index in [1.807, 2.05) is 66.7 Å². The maximum Gasteiger partial charge on any atom is 0.164 e. The van der Waals surface area contributed by atoms with Crippen LogP contribution in [-0.2, 0) is 0 Å². The molecule has 0 aliphatic carbocycles. The number of rotatable bonds is 6. The Kier molecular flexibility index (Phi) is 7.25. The maximum absolute atomic E-state index is 5.11. The second-order valence-corrected chi connectivity index (χ2v) is 13.8. The Balaban J connectivity index is 1.14. The highest BCUT2D eigenvalue weighted by molar-refractivity contribution is 7.21. The number of fused-ring (bicyclic) bond motifs is 4. The Labute approximate surface area is 304 Å². The van der Waals surface area contributed by atoms with Crippen LogP contribution in [0.3, 0.4) is 0 Å². The lowest BCUT2D eigenvalue weighted by molar-refractivity contribution is 1.07. The molecule has 3 heterocycles. The number of aromatic nitrogens is 5. The molecule has 0 radical (unpaired) electrons. The molecule has 7 aromatic carbocycles. The van der Waals surface area contributed by atoms with E-state index in [1.54, 1.807) is 11.3 Å². The summed E-state index contributed by atoms with van der Waals surface area (Å²) < 4.78 is 3.52. The van der Waals surface area contributed by atoms with Gasteiger partial charge in [-0.3, -0.25) is 0 Å². The average molecular weight is 684 g/mol. The van der Waals surface area contributed by atoms with Gasteiger partial charge < -0.3 is 4.57 Å². The predicted octanol–water partition coefficient (Wildman–Crippen LogP) is 11.9. The second kappa shape index (κ2) is 12.5. The predicted molar refractivity (Wildman–Crippen MR) is 215 cm³/mol. The van der Waals surface area contributed by atoms with Gasteiger partial charge in [0.1, 0.15) is 5.01 Å². The first-order valence-corrected chi connectivity index (χ1v) is 18.0. The summed E-state index contributed by atoms with van der Waals surface area (Å²) in [4.78, 5) is 19.9. The number of hydrogen-bond donors (Lipinski definition) is 0. The molecule has 0 spiro atoms. The lowest BCUT2D eigenvalue weighted by Gasteiger charge is -2.11. The number of hydrogen-bond acceptors (Lipinski definition) is 5. The van der Waals surface area contributed by atoms with Crippen LogP contribution >= 0.6 is 11.3 Å². The van der Waals surface area contributed by atoms with Crippen LogP contribution in [0, 0.1) is 0 Å². The zero-order chi connectivity index (χ0) is 34.4. The van der Waals surface area contributed by atoms with Gasteiger partial charge >= 0.3 is 0 Å². The van der Waals surface area contributed by atoms with Crippen molar-refractivity contribution in [2.24, 2.45) is 0 Å². The van der Waals surface area contributed by atoms with E-state index in [2.05, 4.69) is 114 Å². The zero-order valence-electron chi connectivity index (χ0n) is 27.9. The molecular weight excluding hydrogens is 655 g/mol. The summed E-state index contributed by atoms with van der Waals surface area (Å²) in [7, 11) is 0. The molecule has 0 aliphatic heterocycles. The molecular formula is C46H29N5S. The smallest absolute Gasteiger partial charge is 0.164 e. The van der Waals surface area contributed by atoms with Crippen LogP contribution in [0.15, 0.2) is 176 Å². The minimum absolute atomic E-state index is 0.631. The summed E-state index contributed by atoms with van der Waals surface area (Å²) in [5.74, 6) is 1.92. The fourth-order valence-corrected chi connectivity index (χ4v) is 7.92. The van der Waals surface area contributed by atoms with E-state index in [0.29, 0.717) is 17.5 Å². The average Bonchev–Trinajstić information content (AvgIpc) is 3.79. The first-order valence-electron chi connectivity index (χ1n) is 17.2. The monoisotopic (exact) mass is 683 g/mol. The SMILES string of the molecule is c1ccc(-c2ccc3c(c2)c2cc4sc(-c5ccccc5)nc4cc2n3-c2ccc(-c3nc(-c4ccccc4)nc(-c4ccccc4)n3)cc2)cc1. The molecule has 3 aromatic heterocycles. The third-order valence-electron chi connectivity index (χ3n) is 9.49. The van der Waals surface area contributed by atoms with E-state index in [-0.39, 0.29) is 0 Å². The number of benzene rings is 7. The molecule has 0 aliphatic rings. The molecule has 0 saturated carbocycles. The van der Waals surface area contributed by atoms with Crippen molar-refractivity contribution in [3.8, 4) is 61.5 Å². The zero-order valence-corrected chi connectivity index (χ0v) is 28.7. The Morgan fingerprint density at radius 2 is 0.846 bits per heavy atom. The van der Waals surface area contributed by atoms with Crippen molar-refractivity contribution >= 4 is 43.4 Å². The van der Waals surface area contributed by atoms with Gasteiger partial charge in [-0.05, 0) is 59.7 Å². The number of thiazole rings is 1. The van der Waals surface area contributed by atoms with Crippen LogP contribution in [0.2, 0.25) is 0 Å². The van der Waals surface area contributed by atoms with Crippen LogP contribution in [0.4, 0.5) is 0 Å². The van der Waals surface area contributed by atoms with E-state index < -0.39 is 0 Å². The van der Waals surface area contributed by atoms with Gasteiger partial charge in [0.05, 0.1) is 21.3 Å². The molecule has 6 heteroatoms. The van der Waals surface area contributed by atoms with Gasteiger partial charge in [-0.2, -0.15) is 0 Å². The Morgan fingerprint density at radius 3 is 1.42 bits per heavy atom. The van der Waals surface area contributed by atoms with E-state index in [9.17, 15) is 0 Å². The van der Waals surface area contributed by atoms with Gasteiger partial charge in [0.2, 0.25) is 0 Å². The summed E-state index contributed by atoms with van der Waals surface area (Å²) in [5, 5.41) is 3.43. The van der Waals surface area contributed by atoms with Gasteiger partial charge in [0, 0.05) is 38.7 Å². The number of nitrogens with zero attached hydrogens (tertiary/aromatic N) is 5. The lowest BCUT2D eigenvalue weighted by atomic mass is 10.0. The second-order valence-electron chi connectivity index (χ2n) is 12.7. The molecule has 10 rings (SSSR count). The van der Waals surface area contributed by atoms with Crippen molar-refractivity contribution in [1.82, 2.24) is 24.5 Å².